The number of ether oxygens (including phenoxy) is 2. The molecule has 0 aliphatic carbocycles. The molecule has 0 saturated carbocycles. The maximum atomic E-state index is 9.60. The third-order valence-electron chi connectivity index (χ3n) is 3.76. The lowest BCUT2D eigenvalue weighted by atomic mass is 10.2. The maximum Gasteiger partial charge on any atom is 0.129 e. The molecule has 0 fully saturated rings. The third-order valence-corrected chi connectivity index (χ3v) is 7.08. The number of nitrogens with zero attached hydrogens (tertiary/aromatic N) is 2. The summed E-state index contributed by atoms with van der Waals surface area (Å²) in [4.78, 5) is 0. The highest BCUT2D eigenvalue weighted by atomic mass is 32.2. The number of rotatable bonds is 8. The van der Waals surface area contributed by atoms with Gasteiger partial charge in [0.1, 0.15) is 28.2 Å². The molecule has 0 spiro atoms. The number of nitriles is 1. The molecule has 0 bridgehead atoms. The van der Waals surface area contributed by atoms with E-state index in [9.17, 15) is 5.26 Å². The lowest BCUT2D eigenvalue weighted by Crippen LogP contribution is -1.87. The van der Waals surface area contributed by atoms with Gasteiger partial charge in [-0.05, 0) is 46.9 Å². The predicted molar refractivity (Wildman–Crippen MR) is 112 cm³/mol. The second-order valence-corrected chi connectivity index (χ2v) is 8.52. The van der Waals surface area contributed by atoms with E-state index in [2.05, 4.69) is 16.5 Å². The van der Waals surface area contributed by atoms with Crippen LogP contribution in [0.5, 0.6) is 11.5 Å². The Kier molecular flexibility index (Phi) is 7.04. The van der Waals surface area contributed by atoms with Crippen molar-refractivity contribution >= 4 is 35.1 Å². The van der Waals surface area contributed by atoms with E-state index in [0.717, 1.165) is 43.4 Å². The molecule has 0 radical (unpaired) electrons. The first-order chi connectivity index (χ1) is 13.2. The number of aromatic nitrogens is 1. The minimum absolute atomic E-state index is 0.667. The minimum atomic E-state index is 0.667. The number of thioether (sulfide) groups is 2. The van der Waals surface area contributed by atoms with Crippen LogP contribution in [-0.4, -0.2) is 18.6 Å². The number of methoxy groups -OCH3 is 2. The molecule has 0 aliphatic rings. The van der Waals surface area contributed by atoms with E-state index in [-0.39, 0.29) is 0 Å². The van der Waals surface area contributed by atoms with Crippen LogP contribution in [0.2, 0.25) is 0 Å². The van der Waals surface area contributed by atoms with E-state index in [0.29, 0.717) is 5.56 Å². The molecule has 3 rings (SSSR count). The number of benzene rings is 2. The van der Waals surface area contributed by atoms with E-state index in [1.807, 2.05) is 42.5 Å². The number of hydrogen-bond acceptors (Lipinski definition) is 7. The molecule has 0 N–H and O–H groups in total. The molecule has 1 heterocycles. The summed E-state index contributed by atoms with van der Waals surface area (Å²) in [5.74, 6) is 3.19. The van der Waals surface area contributed by atoms with Gasteiger partial charge >= 0.3 is 0 Å². The molecule has 0 unspecified atom stereocenters. The van der Waals surface area contributed by atoms with Crippen LogP contribution < -0.4 is 9.47 Å². The van der Waals surface area contributed by atoms with E-state index in [4.69, 9.17) is 9.47 Å². The van der Waals surface area contributed by atoms with Gasteiger partial charge in [0.15, 0.2) is 0 Å². The average Bonchev–Trinajstić information content (AvgIpc) is 3.12. The van der Waals surface area contributed by atoms with Crippen molar-refractivity contribution in [3.63, 3.8) is 0 Å². The third kappa shape index (κ3) is 5.19. The van der Waals surface area contributed by atoms with E-state index in [1.54, 1.807) is 37.7 Å². The topological polar surface area (TPSA) is 55.1 Å². The van der Waals surface area contributed by atoms with Gasteiger partial charge in [-0.2, -0.15) is 9.64 Å². The highest BCUT2D eigenvalue weighted by molar-refractivity contribution is 8.00. The van der Waals surface area contributed by atoms with Gasteiger partial charge in [-0.1, -0.05) is 36.0 Å². The summed E-state index contributed by atoms with van der Waals surface area (Å²) in [5, 5.41) is 10.4. The second kappa shape index (κ2) is 9.70. The maximum absolute atomic E-state index is 9.60. The van der Waals surface area contributed by atoms with Crippen LogP contribution in [0, 0.1) is 11.3 Å². The summed E-state index contributed by atoms with van der Waals surface area (Å²) in [6.07, 6.45) is 0. The molecule has 0 amide bonds. The predicted octanol–water partition coefficient (Wildman–Crippen LogP) is 5.62. The Labute approximate surface area is 171 Å². The van der Waals surface area contributed by atoms with Gasteiger partial charge in [0.25, 0.3) is 0 Å². The Morgan fingerprint density at radius 1 is 0.963 bits per heavy atom. The van der Waals surface area contributed by atoms with Crippen LogP contribution in [0.4, 0.5) is 0 Å². The zero-order valence-corrected chi connectivity index (χ0v) is 17.4. The molecule has 2 aromatic carbocycles. The molecular formula is C20H18N2O2S3. The second-order valence-electron chi connectivity index (χ2n) is 5.54. The van der Waals surface area contributed by atoms with Crippen LogP contribution in [0.15, 0.2) is 57.8 Å². The molecule has 0 atom stereocenters. The first-order valence-corrected chi connectivity index (χ1v) is 10.9. The van der Waals surface area contributed by atoms with Gasteiger partial charge in [-0.3, -0.25) is 0 Å². The molecule has 0 aliphatic heterocycles. The van der Waals surface area contributed by atoms with Crippen molar-refractivity contribution in [2.24, 2.45) is 0 Å². The first-order valence-electron chi connectivity index (χ1n) is 8.14. The van der Waals surface area contributed by atoms with Gasteiger partial charge in [0, 0.05) is 11.5 Å². The normalized spacial score (nSPS) is 10.4. The van der Waals surface area contributed by atoms with Crippen LogP contribution in [-0.2, 0) is 11.5 Å². The first kappa shape index (κ1) is 19.6. The van der Waals surface area contributed by atoms with E-state index < -0.39 is 0 Å². The van der Waals surface area contributed by atoms with Crippen molar-refractivity contribution in [2.45, 2.75) is 20.7 Å². The molecule has 0 saturated heterocycles. The fourth-order valence-corrected chi connectivity index (χ4v) is 5.36. The lowest BCUT2D eigenvalue weighted by Gasteiger charge is -2.04. The van der Waals surface area contributed by atoms with Gasteiger partial charge in [0.05, 0.1) is 18.4 Å². The highest BCUT2D eigenvalue weighted by Gasteiger charge is 2.15. The van der Waals surface area contributed by atoms with Crippen molar-refractivity contribution in [1.82, 2.24) is 4.37 Å². The van der Waals surface area contributed by atoms with Crippen LogP contribution >= 0.6 is 35.1 Å². The van der Waals surface area contributed by atoms with Gasteiger partial charge < -0.3 is 9.47 Å². The number of hydrogen-bond donors (Lipinski definition) is 0. The lowest BCUT2D eigenvalue weighted by molar-refractivity contribution is 0.414. The molecule has 7 heteroatoms. The Bertz CT molecular complexity index is 881. The zero-order valence-electron chi connectivity index (χ0n) is 15.0. The SMILES string of the molecule is COc1cccc(CSc2nsc(SCc3cccc(OC)c3)c2C#N)c1. The summed E-state index contributed by atoms with van der Waals surface area (Å²) in [7, 11) is 3.32. The van der Waals surface area contributed by atoms with Gasteiger partial charge in [-0.15, -0.1) is 11.8 Å². The Hall–Kier alpha value is -2.14. The molecule has 4 nitrogen and oxygen atoms in total. The summed E-state index contributed by atoms with van der Waals surface area (Å²) < 4.78 is 16.0. The Morgan fingerprint density at radius 2 is 1.56 bits per heavy atom. The summed E-state index contributed by atoms with van der Waals surface area (Å²) >= 11 is 4.60. The molecule has 27 heavy (non-hydrogen) atoms. The standard InChI is InChI=1S/C20H18N2O2S3/c1-23-16-7-3-5-14(9-16)12-25-19-18(11-21)20(27-22-19)26-13-15-6-4-8-17(10-15)24-2/h3-10H,12-13H2,1-2H3. The van der Waals surface area contributed by atoms with E-state index >= 15 is 0 Å². The highest BCUT2D eigenvalue weighted by Crippen LogP contribution is 2.37. The largest absolute Gasteiger partial charge is 0.497 e. The molecular weight excluding hydrogens is 396 g/mol. The quantitative estimate of drug-likeness (QED) is 0.446. The molecule has 3 aromatic rings. The summed E-state index contributed by atoms with van der Waals surface area (Å²) in [5.41, 5.74) is 2.96. The Balaban J connectivity index is 1.66. The average molecular weight is 415 g/mol. The minimum Gasteiger partial charge on any atom is -0.497 e. The molecule has 1 aromatic heterocycles. The van der Waals surface area contributed by atoms with Crippen LogP contribution in [0.25, 0.3) is 0 Å². The van der Waals surface area contributed by atoms with Gasteiger partial charge in [-0.25, -0.2) is 0 Å². The Morgan fingerprint density at radius 3 is 2.11 bits per heavy atom. The summed E-state index contributed by atoms with van der Waals surface area (Å²) in [6.45, 7) is 0. The van der Waals surface area contributed by atoms with Crippen LogP contribution in [0.1, 0.15) is 16.7 Å². The smallest absolute Gasteiger partial charge is 0.129 e. The van der Waals surface area contributed by atoms with Crippen molar-refractivity contribution in [1.29, 1.82) is 5.26 Å². The fraction of sp³-hybridized carbons (Fsp3) is 0.200. The molecule has 138 valence electrons. The monoisotopic (exact) mass is 414 g/mol. The zero-order chi connectivity index (χ0) is 19.1. The fourth-order valence-electron chi connectivity index (χ4n) is 2.38. The summed E-state index contributed by atoms with van der Waals surface area (Å²) in [6, 6.07) is 18.2. The van der Waals surface area contributed by atoms with Crippen LogP contribution in [0.3, 0.4) is 0 Å². The van der Waals surface area contributed by atoms with Crippen molar-refractivity contribution in [3.05, 3.63) is 65.2 Å². The van der Waals surface area contributed by atoms with Crippen molar-refractivity contribution < 1.29 is 9.47 Å². The van der Waals surface area contributed by atoms with Crippen molar-refractivity contribution in [3.8, 4) is 17.6 Å². The van der Waals surface area contributed by atoms with E-state index in [1.165, 1.54) is 11.5 Å². The van der Waals surface area contributed by atoms with Gasteiger partial charge in [0.2, 0.25) is 0 Å². The van der Waals surface area contributed by atoms with Crippen molar-refractivity contribution in [2.75, 3.05) is 14.2 Å².